The molecule has 2 amide bonds. The summed E-state index contributed by atoms with van der Waals surface area (Å²) in [6, 6.07) is 2.35. The van der Waals surface area contributed by atoms with Crippen LogP contribution in [0.15, 0.2) is 16.8 Å². The predicted molar refractivity (Wildman–Crippen MR) is 105 cm³/mol. The monoisotopic (exact) mass is 394 g/mol. The predicted octanol–water partition coefficient (Wildman–Crippen LogP) is 3.17. The smallest absolute Gasteiger partial charge is 0.409 e. The van der Waals surface area contributed by atoms with Gasteiger partial charge in [0.2, 0.25) is 5.91 Å². The molecule has 1 atom stereocenters. The molecule has 3 rings (SSSR count). The van der Waals surface area contributed by atoms with E-state index in [4.69, 9.17) is 9.47 Å². The number of carbonyl (C=O) groups is 2. The summed E-state index contributed by atoms with van der Waals surface area (Å²) in [7, 11) is 1.59. The molecule has 150 valence electrons. The van der Waals surface area contributed by atoms with Crippen molar-refractivity contribution in [1.82, 2.24) is 9.80 Å². The topological polar surface area (TPSA) is 59.1 Å². The van der Waals surface area contributed by atoms with Crippen molar-refractivity contribution in [2.45, 2.75) is 44.6 Å². The van der Waals surface area contributed by atoms with Crippen LogP contribution in [0.4, 0.5) is 4.79 Å². The number of hydrogen-bond acceptors (Lipinski definition) is 5. The third kappa shape index (κ3) is 5.45. The van der Waals surface area contributed by atoms with Gasteiger partial charge in [0.05, 0.1) is 13.0 Å². The third-order valence-electron chi connectivity index (χ3n) is 5.66. The Bertz CT molecular complexity index is 599. The molecular weight excluding hydrogens is 364 g/mol. The molecule has 7 heteroatoms. The number of likely N-dealkylation sites (tertiary alicyclic amines) is 2. The number of carbonyl (C=O) groups excluding carboxylic acids is 2. The number of hydrogen-bond donors (Lipinski definition) is 0. The van der Waals surface area contributed by atoms with Crippen molar-refractivity contribution >= 4 is 23.3 Å². The fourth-order valence-corrected chi connectivity index (χ4v) is 4.87. The van der Waals surface area contributed by atoms with Crippen molar-refractivity contribution in [3.8, 4) is 0 Å². The Kier molecular flexibility index (Phi) is 7.52. The summed E-state index contributed by atoms with van der Waals surface area (Å²) in [5.41, 5.74) is 1.11. The van der Waals surface area contributed by atoms with Gasteiger partial charge in [-0.15, -0.1) is 0 Å². The zero-order valence-electron chi connectivity index (χ0n) is 16.1. The van der Waals surface area contributed by atoms with Crippen LogP contribution in [-0.4, -0.2) is 67.8 Å². The zero-order chi connectivity index (χ0) is 19.1. The summed E-state index contributed by atoms with van der Waals surface area (Å²) in [5.74, 6) is 0.722. The summed E-state index contributed by atoms with van der Waals surface area (Å²) in [4.78, 5) is 28.9. The summed E-state index contributed by atoms with van der Waals surface area (Å²) in [6.45, 7) is 3.00. The minimum absolute atomic E-state index is 0.250. The van der Waals surface area contributed by atoms with Crippen LogP contribution in [0.25, 0.3) is 0 Å². The summed E-state index contributed by atoms with van der Waals surface area (Å²) >= 11 is 1.64. The second-order valence-electron chi connectivity index (χ2n) is 7.39. The largest absolute Gasteiger partial charge is 0.447 e. The van der Waals surface area contributed by atoms with Crippen LogP contribution in [0.1, 0.15) is 37.7 Å². The SMILES string of the molecule is COCCOC(=O)N1CCC(C2CCCCN2C(=O)Cc2ccsc2)CC1. The first kappa shape index (κ1) is 20.1. The number of nitrogens with zero attached hydrogens (tertiary/aromatic N) is 2. The van der Waals surface area contributed by atoms with Gasteiger partial charge in [-0.25, -0.2) is 4.79 Å². The number of piperidine rings is 2. The Labute approximate surface area is 165 Å². The Hall–Kier alpha value is -1.60. The third-order valence-corrected chi connectivity index (χ3v) is 6.39. The van der Waals surface area contributed by atoms with E-state index < -0.39 is 0 Å². The zero-order valence-corrected chi connectivity index (χ0v) is 16.9. The quantitative estimate of drug-likeness (QED) is 0.696. The molecule has 0 saturated carbocycles. The second kappa shape index (κ2) is 10.1. The molecule has 0 spiro atoms. The van der Waals surface area contributed by atoms with E-state index in [9.17, 15) is 9.59 Å². The highest BCUT2D eigenvalue weighted by molar-refractivity contribution is 7.08. The molecule has 2 aliphatic heterocycles. The van der Waals surface area contributed by atoms with E-state index in [0.29, 0.717) is 44.7 Å². The van der Waals surface area contributed by atoms with Crippen LogP contribution < -0.4 is 0 Å². The molecule has 0 radical (unpaired) electrons. The lowest BCUT2D eigenvalue weighted by molar-refractivity contribution is -0.136. The normalized spacial score (nSPS) is 21.3. The highest BCUT2D eigenvalue weighted by Gasteiger charge is 2.35. The van der Waals surface area contributed by atoms with E-state index in [-0.39, 0.29) is 12.0 Å². The molecule has 6 nitrogen and oxygen atoms in total. The fraction of sp³-hybridized carbons (Fsp3) is 0.700. The fourth-order valence-electron chi connectivity index (χ4n) is 4.20. The van der Waals surface area contributed by atoms with Crippen molar-refractivity contribution in [2.75, 3.05) is 40.0 Å². The summed E-state index contributed by atoms with van der Waals surface area (Å²) in [5, 5.41) is 4.09. The Morgan fingerprint density at radius 1 is 1.15 bits per heavy atom. The van der Waals surface area contributed by atoms with Crippen molar-refractivity contribution in [2.24, 2.45) is 5.92 Å². The van der Waals surface area contributed by atoms with Gasteiger partial charge in [-0.05, 0) is 60.4 Å². The van der Waals surface area contributed by atoms with E-state index in [1.54, 1.807) is 23.3 Å². The van der Waals surface area contributed by atoms with Crippen molar-refractivity contribution in [3.63, 3.8) is 0 Å². The van der Waals surface area contributed by atoms with Gasteiger partial charge in [0.1, 0.15) is 6.61 Å². The first-order valence-electron chi connectivity index (χ1n) is 9.90. The molecule has 0 aromatic carbocycles. The van der Waals surface area contributed by atoms with Gasteiger partial charge in [0, 0.05) is 32.8 Å². The number of rotatable bonds is 6. The van der Waals surface area contributed by atoms with Gasteiger partial charge in [-0.3, -0.25) is 4.79 Å². The lowest BCUT2D eigenvalue weighted by Crippen LogP contribution is -2.51. The van der Waals surface area contributed by atoms with Crippen molar-refractivity contribution in [1.29, 1.82) is 0 Å². The molecule has 2 fully saturated rings. The highest BCUT2D eigenvalue weighted by atomic mass is 32.1. The maximum atomic E-state index is 12.9. The number of amides is 2. The molecule has 2 aliphatic rings. The molecule has 1 unspecified atom stereocenters. The van der Waals surface area contributed by atoms with Gasteiger partial charge in [-0.2, -0.15) is 11.3 Å². The van der Waals surface area contributed by atoms with Crippen LogP contribution in [-0.2, 0) is 20.7 Å². The lowest BCUT2D eigenvalue weighted by Gasteiger charge is -2.43. The maximum Gasteiger partial charge on any atom is 0.409 e. The molecular formula is C20H30N2O4S. The highest BCUT2D eigenvalue weighted by Crippen LogP contribution is 2.31. The molecule has 1 aromatic heterocycles. The Morgan fingerprint density at radius 2 is 1.96 bits per heavy atom. The van der Waals surface area contributed by atoms with Gasteiger partial charge in [0.25, 0.3) is 0 Å². The molecule has 0 N–H and O–H groups in total. The first-order valence-corrected chi connectivity index (χ1v) is 10.8. The molecule has 0 bridgehead atoms. The average Bonchev–Trinajstić information content (AvgIpc) is 3.21. The van der Waals surface area contributed by atoms with E-state index in [1.165, 1.54) is 6.42 Å². The van der Waals surface area contributed by atoms with Crippen LogP contribution in [0.2, 0.25) is 0 Å². The van der Waals surface area contributed by atoms with Crippen LogP contribution in [0.5, 0.6) is 0 Å². The van der Waals surface area contributed by atoms with Gasteiger partial charge in [0.15, 0.2) is 0 Å². The molecule has 1 aromatic rings. The van der Waals surface area contributed by atoms with Gasteiger partial charge in [-0.1, -0.05) is 0 Å². The van der Waals surface area contributed by atoms with E-state index in [0.717, 1.165) is 37.8 Å². The summed E-state index contributed by atoms with van der Waals surface area (Å²) < 4.78 is 10.1. The van der Waals surface area contributed by atoms with Crippen LogP contribution >= 0.6 is 11.3 Å². The van der Waals surface area contributed by atoms with Gasteiger partial charge < -0.3 is 19.3 Å². The summed E-state index contributed by atoms with van der Waals surface area (Å²) in [6.07, 6.45) is 5.49. The van der Waals surface area contributed by atoms with Gasteiger partial charge >= 0.3 is 6.09 Å². The number of ether oxygens (including phenoxy) is 2. The van der Waals surface area contributed by atoms with Crippen LogP contribution in [0, 0.1) is 5.92 Å². The second-order valence-corrected chi connectivity index (χ2v) is 8.17. The standard InChI is InChI=1S/C20H30N2O4S/c1-25-11-12-26-20(24)21-9-5-17(6-10-21)18-4-2-3-8-22(18)19(23)14-16-7-13-27-15-16/h7,13,15,17-18H,2-6,8-12,14H2,1H3. The van der Waals surface area contributed by atoms with E-state index in [1.807, 2.05) is 11.4 Å². The molecule has 3 heterocycles. The average molecular weight is 395 g/mol. The lowest BCUT2D eigenvalue weighted by atomic mass is 9.83. The Balaban J connectivity index is 1.52. The minimum atomic E-state index is -0.250. The van der Waals surface area contributed by atoms with Crippen molar-refractivity contribution < 1.29 is 19.1 Å². The first-order chi connectivity index (χ1) is 13.2. The number of methoxy groups -OCH3 is 1. The minimum Gasteiger partial charge on any atom is -0.447 e. The Morgan fingerprint density at radius 3 is 2.67 bits per heavy atom. The van der Waals surface area contributed by atoms with Crippen molar-refractivity contribution in [3.05, 3.63) is 22.4 Å². The van der Waals surface area contributed by atoms with E-state index in [2.05, 4.69) is 10.3 Å². The molecule has 27 heavy (non-hydrogen) atoms. The van der Waals surface area contributed by atoms with Crippen LogP contribution in [0.3, 0.4) is 0 Å². The maximum absolute atomic E-state index is 12.9. The molecule has 2 saturated heterocycles. The molecule has 0 aliphatic carbocycles. The number of thiophene rings is 1. The van der Waals surface area contributed by atoms with E-state index >= 15 is 0 Å².